The zero-order valence-electron chi connectivity index (χ0n) is 16.2. The Kier molecular flexibility index (Phi) is 4.97. The van der Waals surface area contributed by atoms with Gasteiger partial charge in [0.15, 0.2) is 0 Å². The highest BCUT2D eigenvalue weighted by Crippen LogP contribution is 2.31. The van der Waals surface area contributed by atoms with Gasteiger partial charge in [-0.2, -0.15) is 0 Å². The van der Waals surface area contributed by atoms with E-state index in [2.05, 4.69) is 29.7 Å². The summed E-state index contributed by atoms with van der Waals surface area (Å²) in [5, 5.41) is 0. The Morgan fingerprint density at radius 2 is 2.00 bits per heavy atom. The van der Waals surface area contributed by atoms with Gasteiger partial charge in [0, 0.05) is 18.7 Å². The predicted molar refractivity (Wildman–Crippen MR) is 109 cm³/mol. The molecule has 0 aliphatic heterocycles. The molecule has 4 rings (SSSR count). The average Bonchev–Trinajstić information content (AvgIpc) is 3.43. The van der Waals surface area contributed by atoms with E-state index in [9.17, 15) is 4.79 Å². The third-order valence-electron chi connectivity index (χ3n) is 5.24. The molecule has 140 valence electrons. The van der Waals surface area contributed by atoms with E-state index >= 15 is 0 Å². The molecule has 1 heterocycles. The zero-order chi connectivity index (χ0) is 18.8. The molecule has 0 unspecified atom stereocenters. The van der Waals surface area contributed by atoms with Gasteiger partial charge in [-0.25, -0.2) is 4.98 Å². The summed E-state index contributed by atoms with van der Waals surface area (Å²) in [7, 11) is 0. The van der Waals surface area contributed by atoms with Crippen molar-refractivity contribution >= 4 is 16.9 Å². The lowest BCUT2D eigenvalue weighted by molar-refractivity contribution is 0.0728. The molecule has 1 aliphatic rings. The molecule has 1 fully saturated rings. The van der Waals surface area contributed by atoms with E-state index in [0.717, 1.165) is 47.5 Å². The fourth-order valence-electron chi connectivity index (χ4n) is 3.68. The molecular weight excluding hydrogens is 334 g/mol. The van der Waals surface area contributed by atoms with Gasteiger partial charge < -0.3 is 9.47 Å². The summed E-state index contributed by atoms with van der Waals surface area (Å²) in [6.07, 6.45) is 3.49. The minimum Gasteiger partial charge on any atom is -0.331 e. The smallest absolute Gasteiger partial charge is 0.254 e. The fraction of sp³-hybridized carbons (Fsp3) is 0.391. The van der Waals surface area contributed by atoms with Gasteiger partial charge in [-0.1, -0.05) is 36.8 Å². The van der Waals surface area contributed by atoms with Crippen molar-refractivity contribution in [3.05, 3.63) is 65.5 Å². The number of nitrogens with zero attached hydrogens (tertiary/aromatic N) is 3. The monoisotopic (exact) mass is 361 g/mol. The summed E-state index contributed by atoms with van der Waals surface area (Å²) in [4.78, 5) is 20.1. The molecule has 0 bridgehead atoms. The van der Waals surface area contributed by atoms with Gasteiger partial charge >= 0.3 is 0 Å². The summed E-state index contributed by atoms with van der Waals surface area (Å²) in [5.74, 6) is 1.74. The third kappa shape index (κ3) is 3.90. The Labute approximate surface area is 160 Å². The van der Waals surface area contributed by atoms with Crippen LogP contribution in [0.2, 0.25) is 0 Å². The van der Waals surface area contributed by atoms with Crippen molar-refractivity contribution in [1.82, 2.24) is 14.5 Å². The minimum atomic E-state index is 0.112. The molecule has 0 saturated heterocycles. The number of hydrogen-bond donors (Lipinski definition) is 0. The largest absolute Gasteiger partial charge is 0.331 e. The molecular formula is C23H27N3O. The van der Waals surface area contributed by atoms with Crippen molar-refractivity contribution in [3.63, 3.8) is 0 Å². The van der Waals surface area contributed by atoms with E-state index in [1.807, 2.05) is 42.2 Å². The van der Waals surface area contributed by atoms with E-state index in [1.165, 1.54) is 12.8 Å². The second-order valence-corrected chi connectivity index (χ2v) is 7.67. The molecule has 1 aliphatic carbocycles. The molecule has 3 aromatic rings. The Hall–Kier alpha value is -2.62. The summed E-state index contributed by atoms with van der Waals surface area (Å²) < 4.78 is 2.28. The molecule has 0 atom stereocenters. The van der Waals surface area contributed by atoms with Gasteiger partial charge in [0.05, 0.1) is 17.6 Å². The third-order valence-corrected chi connectivity index (χ3v) is 5.24. The molecule has 1 amide bonds. The topological polar surface area (TPSA) is 38.1 Å². The molecule has 27 heavy (non-hydrogen) atoms. The normalized spacial score (nSPS) is 13.9. The number of para-hydroxylation sites is 2. The number of fused-ring (bicyclic) bond motifs is 1. The number of carbonyl (C=O) groups excluding carboxylic acids is 1. The number of benzene rings is 2. The van der Waals surface area contributed by atoms with Crippen molar-refractivity contribution < 1.29 is 4.79 Å². The number of aromatic nitrogens is 2. The van der Waals surface area contributed by atoms with Crippen LogP contribution in [0, 0.1) is 12.8 Å². The van der Waals surface area contributed by atoms with E-state index in [-0.39, 0.29) is 5.91 Å². The molecule has 1 aromatic heterocycles. The van der Waals surface area contributed by atoms with E-state index in [1.54, 1.807) is 0 Å². The molecule has 4 nitrogen and oxygen atoms in total. The minimum absolute atomic E-state index is 0.112. The lowest BCUT2D eigenvalue weighted by Crippen LogP contribution is -2.33. The maximum Gasteiger partial charge on any atom is 0.254 e. The van der Waals surface area contributed by atoms with E-state index in [4.69, 9.17) is 4.98 Å². The van der Waals surface area contributed by atoms with Crippen LogP contribution in [0.5, 0.6) is 0 Å². The van der Waals surface area contributed by atoms with Crippen LogP contribution < -0.4 is 0 Å². The Bertz CT molecular complexity index is 955. The van der Waals surface area contributed by atoms with Gasteiger partial charge in [-0.15, -0.1) is 0 Å². The lowest BCUT2D eigenvalue weighted by Gasteiger charge is -2.23. The van der Waals surface area contributed by atoms with Crippen LogP contribution >= 0.6 is 0 Å². The Morgan fingerprint density at radius 1 is 1.19 bits per heavy atom. The predicted octanol–water partition coefficient (Wildman–Crippen LogP) is 4.81. The van der Waals surface area contributed by atoms with Gasteiger partial charge in [0.25, 0.3) is 5.91 Å². The van der Waals surface area contributed by atoms with Crippen LogP contribution in [0.15, 0.2) is 48.5 Å². The van der Waals surface area contributed by atoms with Crippen LogP contribution in [-0.4, -0.2) is 26.9 Å². The maximum absolute atomic E-state index is 13.2. The number of aryl methyl sites for hydroxylation is 2. The summed E-state index contributed by atoms with van der Waals surface area (Å²) in [6, 6.07) is 16.1. The number of amides is 1. The van der Waals surface area contributed by atoms with Crippen molar-refractivity contribution in [2.24, 2.45) is 5.92 Å². The van der Waals surface area contributed by atoms with Crippen molar-refractivity contribution in [2.45, 2.75) is 46.2 Å². The van der Waals surface area contributed by atoms with Crippen molar-refractivity contribution in [3.8, 4) is 0 Å². The number of hydrogen-bond acceptors (Lipinski definition) is 2. The van der Waals surface area contributed by atoms with Crippen LogP contribution in [-0.2, 0) is 13.1 Å². The number of rotatable bonds is 7. The van der Waals surface area contributed by atoms with Crippen LogP contribution in [0.3, 0.4) is 0 Å². The van der Waals surface area contributed by atoms with E-state index < -0.39 is 0 Å². The highest BCUT2D eigenvalue weighted by atomic mass is 16.2. The van der Waals surface area contributed by atoms with Crippen molar-refractivity contribution in [2.75, 3.05) is 6.54 Å². The quantitative estimate of drug-likeness (QED) is 0.606. The maximum atomic E-state index is 13.2. The molecule has 0 radical (unpaired) electrons. The number of carbonyl (C=O) groups is 1. The van der Waals surface area contributed by atoms with Gasteiger partial charge in [-0.3, -0.25) is 4.79 Å². The van der Waals surface area contributed by atoms with Gasteiger partial charge in [-0.05, 0) is 56.4 Å². The summed E-state index contributed by atoms with van der Waals surface area (Å²) in [6.45, 7) is 6.52. The highest BCUT2D eigenvalue weighted by molar-refractivity contribution is 5.94. The molecule has 0 spiro atoms. The first-order valence-corrected chi connectivity index (χ1v) is 9.95. The number of imidazole rings is 1. The second-order valence-electron chi connectivity index (χ2n) is 7.67. The average molecular weight is 361 g/mol. The molecule has 0 N–H and O–H groups in total. The first-order valence-electron chi connectivity index (χ1n) is 9.95. The zero-order valence-corrected chi connectivity index (χ0v) is 16.2. The second kappa shape index (κ2) is 7.55. The first kappa shape index (κ1) is 17.8. The molecule has 4 heteroatoms. The molecule has 2 aromatic carbocycles. The first-order chi connectivity index (χ1) is 13.2. The summed E-state index contributed by atoms with van der Waals surface area (Å²) >= 11 is 0. The Balaban J connectivity index is 1.66. The summed E-state index contributed by atoms with van der Waals surface area (Å²) in [5.41, 5.74) is 4.05. The highest BCUT2D eigenvalue weighted by Gasteiger charge is 2.28. The van der Waals surface area contributed by atoms with Crippen molar-refractivity contribution in [1.29, 1.82) is 0 Å². The molecule has 1 saturated carbocycles. The lowest BCUT2D eigenvalue weighted by atomic mass is 10.1. The van der Waals surface area contributed by atoms with Crippen LogP contribution in [0.25, 0.3) is 11.0 Å². The van der Waals surface area contributed by atoms with Crippen LogP contribution in [0.4, 0.5) is 0 Å². The SMILES string of the molecule is CCCn1c(CN(CC2CC2)C(=O)c2cccc(C)c2)nc2ccccc21. The fourth-order valence-corrected chi connectivity index (χ4v) is 3.68. The van der Waals surface area contributed by atoms with Crippen LogP contribution in [0.1, 0.15) is 47.9 Å². The Morgan fingerprint density at radius 3 is 2.74 bits per heavy atom. The van der Waals surface area contributed by atoms with Gasteiger partial charge in [0.1, 0.15) is 5.82 Å². The van der Waals surface area contributed by atoms with E-state index in [0.29, 0.717) is 12.5 Å². The standard InChI is InChI=1S/C23H27N3O/c1-3-13-26-21-10-5-4-9-20(21)24-22(26)16-25(15-18-11-12-18)23(27)19-8-6-7-17(2)14-19/h4-10,14,18H,3,11-13,15-16H2,1-2H3. The van der Waals surface area contributed by atoms with Gasteiger partial charge in [0.2, 0.25) is 0 Å².